The van der Waals surface area contributed by atoms with Crippen LogP contribution in [0.15, 0.2) is 23.5 Å². The molecule has 1 aromatic heterocycles. The molecule has 1 atom stereocenters. The third kappa shape index (κ3) is 3.65. The highest BCUT2D eigenvalue weighted by atomic mass is 32.1. The average molecular weight is 416 g/mol. The summed E-state index contributed by atoms with van der Waals surface area (Å²) >= 11 is 1.24. The van der Waals surface area contributed by atoms with E-state index in [0.717, 1.165) is 5.01 Å². The molecule has 1 unspecified atom stereocenters. The van der Waals surface area contributed by atoms with Crippen molar-refractivity contribution in [2.24, 2.45) is 0 Å². The number of nitrogens with zero attached hydrogens (tertiary/aromatic N) is 2. The van der Waals surface area contributed by atoms with Crippen LogP contribution in [0.5, 0.6) is 5.75 Å². The molecule has 2 heterocycles. The maximum absolute atomic E-state index is 13.4. The Morgan fingerprint density at radius 1 is 1.21 bits per heavy atom. The van der Waals surface area contributed by atoms with Gasteiger partial charge in [-0.15, -0.1) is 11.3 Å². The summed E-state index contributed by atoms with van der Waals surface area (Å²) in [6, 6.07) is 2.69. The molecule has 154 valence electrons. The molecular formula is C21H24N2O5S. The Morgan fingerprint density at radius 2 is 1.83 bits per heavy atom. The second kappa shape index (κ2) is 7.96. The SMILES string of the molecule is COCCN1C(=O)C(O)=C(C(=O)c2sc(C)nc2C)C1c1cc(C)c(O)c(C)c1. The van der Waals surface area contributed by atoms with Gasteiger partial charge in [-0.2, -0.15) is 0 Å². The van der Waals surface area contributed by atoms with E-state index in [4.69, 9.17) is 4.74 Å². The molecule has 8 heteroatoms. The van der Waals surface area contributed by atoms with E-state index in [0.29, 0.717) is 27.3 Å². The third-order valence-electron chi connectivity index (χ3n) is 5.02. The van der Waals surface area contributed by atoms with Crippen molar-refractivity contribution in [2.75, 3.05) is 20.3 Å². The Balaban J connectivity index is 2.16. The largest absolute Gasteiger partial charge is 0.507 e. The number of hydrogen-bond donors (Lipinski definition) is 2. The highest BCUT2D eigenvalue weighted by Crippen LogP contribution is 2.41. The van der Waals surface area contributed by atoms with Crippen LogP contribution in [0, 0.1) is 27.7 Å². The fraction of sp³-hybridized carbons (Fsp3) is 0.381. The molecule has 2 aromatic rings. The van der Waals surface area contributed by atoms with Crippen molar-refractivity contribution < 1.29 is 24.5 Å². The topological polar surface area (TPSA) is 100.0 Å². The number of Topliss-reactive ketones (excluding diaryl/α,β-unsaturated/α-hetero) is 1. The van der Waals surface area contributed by atoms with E-state index in [1.54, 1.807) is 39.8 Å². The van der Waals surface area contributed by atoms with Crippen molar-refractivity contribution in [1.82, 2.24) is 9.88 Å². The molecule has 0 fully saturated rings. The number of ether oxygens (including phenoxy) is 1. The number of aliphatic hydroxyl groups is 1. The summed E-state index contributed by atoms with van der Waals surface area (Å²) in [6.45, 7) is 7.51. The summed E-state index contributed by atoms with van der Waals surface area (Å²) in [6.07, 6.45) is 0. The van der Waals surface area contributed by atoms with Crippen LogP contribution >= 0.6 is 11.3 Å². The van der Waals surface area contributed by atoms with Crippen LogP contribution in [0.1, 0.15) is 43.1 Å². The number of amides is 1. The van der Waals surface area contributed by atoms with Crippen LogP contribution in [-0.4, -0.2) is 52.0 Å². The van der Waals surface area contributed by atoms with E-state index in [1.807, 2.05) is 0 Å². The number of phenols is 1. The van der Waals surface area contributed by atoms with Gasteiger partial charge >= 0.3 is 0 Å². The van der Waals surface area contributed by atoms with Crippen molar-refractivity contribution in [3.05, 3.63) is 55.7 Å². The van der Waals surface area contributed by atoms with E-state index < -0.39 is 23.5 Å². The van der Waals surface area contributed by atoms with Gasteiger partial charge in [-0.25, -0.2) is 4.98 Å². The minimum Gasteiger partial charge on any atom is -0.507 e. The van der Waals surface area contributed by atoms with Crippen molar-refractivity contribution >= 4 is 23.0 Å². The Bertz CT molecular complexity index is 1000. The first-order chi connectivity index (χ1) is 13.7. The number of phenolic OH excluding ortho intramolecular Hbond substituents is 1. The van der Waals surface area contributed by atoms with Gasteiger partial charge < -0.3 is 19.8 Å². The van der Waals surface area contributed by atoms with Crippen LogP contribution in [0.2, 0.25) is 0 Å². The predicted octanol–water partition coefficient (Wildman–Crippen LogP) is 3.31. The summed E-state index contributed by atoms with van der Waals surface area (Å²) in [4.78, 5) is 32.3. The van der Waals surface area contributed by atoms with E-state index >= 15 is 0 Å². The van der Waals surface area contributed by atoms with Gasteiger partial charge in [-0.05, 0) is 56.5 Å². The van der Waals surface area contributed by atoms with Gasteiger partial charge in [0.05, 0.1) is 33.8 Å². The lowest BCUT2D eigenvalue weighted by atomic mass is 9.92. The van der Waals surface area contributed by atoms with Crippen molar-refractivity contribution in [3.63, 3.8) is 0 Å². The number of aromatic hydroxyl groups is 1. The minimum absolute atomic E-state index is 0.0299. The Morgan fingerprint density at radius 3 is 2.34 bits per heavy atom. The number of aryl methyl sites for hydroxylation is 4. The molecule has 0 aliphatic carbocycles. The predicted molar refractivity (Wildman–Crippen MR) is 109 cm³/mol. The number of aromatic nitrogens is 1. The highest BCUT2D eigenvalue weighted by Gasteiger charge is 2.44. The van der Waals surface area contributed by atoms with E-state index in [-0.39, 0.29) is 24.5 Å². The van der Waals surface area contributed by atoms with Crippen LogP contribution < -0.4 is 0 Å². The summed E-state index contributed by atoms with van der Waals surface area (Å²) in [5.74, 6) is -1.41. The smallest absolute Gasteiger partial charge is 0.290 e. The van der Waals surface area contributed by atoms with Crippen molar-refractivity contribution in [1.29, 1.82) is 0 Å². The molecular weight excluding hydrogens is 392 g/mol. The van der Waals surface area contributed by atoms with Gasteiger partial charge in [0, 0.05) is 13.7 Å². The lowest BCUT2D eigenvalue weighted by Crippen LogP contribution is -2.34. The summed E-state index contributed by atoms with van der Waals surface area (Å²) in [5.41, 5.74) is 2.50. The first-order valence-electron chi connectivity index (χ1n) is 9.19. The monoisotopic (exact) mass is 416 g/mol. The zero-order valence-electron chi connectivity index (χ0n) is 17.1. The molecule has 1 amide bonds. The van der Waals surface area contributed by atoms with Crippen LogP contribution in [0.25, 0.3) is 0 Å². The third-order valence-corrected chi connectivity index (χ3v) is 6.10. The van der Waals surface area contributed by atoms with Gasteiger partial charge in [-0.3, -0.25) is 9.59 Å². The Labute approximate surface area is 173 Å². The zero-order valence-corrected chi connectivity index (χ0v) is 17.9. The standard InChI is InChI=1S/C21H24N2O5S/c1-10-8-14(9-11(2)17(10)24)16-15(18(25)20-12(3)22-13(4)29-20)19(26)21(27)23(16)6-7-28-5/h8-9,16,24,26H,6-7H2,1-5H3. The number of carbonyl (C=O) groups excluding carboxylic acids is 2. The molecule has 0 radical (unpaired) electrons. The maximum Gasteiger partial charge on any atom is 0.290 e. The molecule has 0 saturated heterocycles. The van der Waals surface area contributed by atoms with Crippen LogP contribution in [-0.2, 0) is 9.53 Å². The van der Waals surface area contributed by atoms with E-state index in [2.05, 4.69) is 4.98 Å². The number of ketones is 1. The fourth-order valence-electron chi connectivity index (χ4n) is 3.66. The average Bonchev–Trinajstić information content (AvgIpc) is 3.13. The maximum atomic E-state index is 13.4. The first-order valence-corrected chi connectivity index (χ1v) is 10.0. The second-order valence-corrected chi connectivity index (χ2v) is 8.34. The first kappa shape index (κ1) is 21.0. The number of hydrogen-bond acceptors (Lipinski definition) is 7. The van der Waals surface area contributed by atoms with Crippen LogP contribution in [0.3, 0.4) is 0 Å². The van der Waals surface area contributed by atoms with Gasteiger partial charge in [0.15, 0.2) is 5.76 Å². The molecule has 0 saturated carbocycles. The number of benzene rings is 1. The minimum atomic E-state index is -0.773. The second-order valence-electron chi connectivity index (χ2n) is 7.14. The Hall–Kier alpha value is -2.71. The molecule has 0 bridgehead atoms. The molecule has 7 nitrogen and oxygen atoms in total. The lowest BCUT2D eigenvalue weighted by molar-refractivity contribution is -0.130. The molecule has 0 spiro atoms. The Kier molecular flexibility index (Phi) is 5.77. The van der Waals surface area contributed by atoms with Crippen molar-refractivity contribution in [3.8, 4) is 5.75 Å². The summed E-state index contributed by atoms with van der Waals surface area (Å²) in [5, 5.41) is 21.5. The number of carbonyl (C=O) groups is 2. The highest BCUT2D eigenvalue weighted by molar-refractivity contribution is 7.14. The fourth-order valence-corrected chi connectivity index (χ4v) is 4.54. The molecule has 3 rings (SSSR count). The van der Waals surface area contributed by atoms with Crippen molar-refractivity contribution in [2.45, 2.75) is 33.7 Å². The van der Waals surface area contributed by atoms with E-state index in [1.165, 1.54) is 23.3 Å². The zero-order chi connectivity index (χ0) is 21.5. The number of rotatable bonds is 6. The molecule has 2 N–H and O–H groups in total. The molecule has 1 aliphatic rings. The summed E-state index contributed by atoms with van der Waals surface area (Å²) < 4.78 is 5.11. The number of thiazole rings is 1. The normalized spacial score (nSPS) is 16.8. The summed E-state index contributed by atoms with van der Waals surface area (Å²) in [7, 11) is 1.52. The van der Waals surface area contributed by atoms with E-state index in [9.17, 15) is 19.8 Å². The van der Waals surface area contributed by atoms with Gasteiger partial charge in [0.2, 0.25) is 5.78 Å². The van der Waals surface area contributed by atoms with Gasteiger partial charge in [-0.1, -0.05) is 0 Å². The van der Waals surface area contributed by atoms with Gasteiger partial charge in [0.25, 0.3) is 5.91 Å². The molecule has 29 heavy (non-hydrogen) atoms. The molecule has 1 aliphatic heterocycles. The number of methoxy groups -OCH3 is 1. The van der Waals surface area contributed by atoms with Crippen LogP contribution in [0.4, 0.5) is 0 Å². The van der Waals surface area contributed by atoms with Gasteiger partial charge in [0.1, 0.15) is 5.75 Å². The lowest BCUT2D eigenvalue weighted by Gasteiger charge is -2.27. The quantitative estimate of drug-likeness (QED) is 0.701. The molecule has 1 aromatic carbocycles. The number of aliphatic hydroxyl groups excluding tert-OH is 1.